The molecule has 0 saturated carbocycles. The Morgan fingerprint density at radius 3 is 2.48 bits per heavy atom. The molecular formula is C20H23N7O2. The first-order chi connectivity index (χ1) is 14.1. The molecule has 1 N–H and O–H groups in total. The fourth-order valence-electron chi connectivity index (χ4n) is 3.26. The van der Waals surface area contributed by atoms with Gasteiger partial charge >= 0.3 is 0 Å². The van der Waals surface area contributed by atoms with Gasteiger partial charge in [-0.05, 0) is 42.3 Å². The van der Waals surface area contributed by atoms with Crippen molar-refractivity contribution in [1.82, 2.24) is 20.3 Å². The summed E-state index contributed by atoms with van der Waals surface area (Å²) in [6.45, 7) is 1.63. The number of carbonyl (C=O) groups excluding carboxylic acids is 1. The molecule has 1 aromatic carbocycles. The highest BCUT2D eigenvalue weighted by molar-refractivity contribution is 6.02. The van der Waals surface area contributed by atoms with Gasteiger partial charge in [0.05, 0.1) is 0 Å². The number of anilines is 3. The van der Waals surface area contributed by atoms with Crippen molar-refractivity contribution in [3.05, 3.63) is 54.0 Å². The van der Waals surface area contributed by atoms with Crippen molar-refractivity contribution in [3.8, 4) is 0 Å². The third-order valence-corrected chi connectivity index (χ3v) is 4.91. The van der Waals surface area contributed by atoms with E-state index in [9.17, 15) is 4.79 Å². The van der Waals surface area contributed by atoms with Crippen LogP contribution < -0.4 is 15.1 Å². The maximum Gasteiger partial charge on any atom is 0.276 e. The van der Waals surface area contributed by atoms with Gasteiger partial charge in [0.15, 0.2) is 11.5 Å². The Hall–Kier alpha value is -3.49. The average molecular weight is 393 g/mol. The first kappa shape index (κ1) is 18.9. The van der Waals surface area contributed by atoms with Gasteiger partial charge in [-0.2, -0.15) is 4.98 Å². The topological polar surface area (TPSA) is 100 Å². The Kier molecular flexibility index (Phi) is 5.37. The molecule has 1 amide bonds. The van der Waals surface area contributed by atoms with Crippen molar-refractivity contribution in [1.29, 1.82) is 0 Å². The Morgan fingerprint density at radius 2 is 1.86 bits per heavy atom. The quantitative estimate of drug-likeness (QED) is 0.706. The van der Waals surface area contributed by atoms with Gasteiger partial charge in [-0.25, -0.2) is 0 Å². The van der Waals surface area contributed by atoms with Gasteiger partial charge in [0.1, 0.15) is 0 Å². The molecular weight excluding hydrogens is 370 g/mol. The second kappa shape index (κ2) is 8.26. The van der Waals surface area contributed by atoms with E-state index in [0.29, 0.717) is 11.8 Å². The maximum absolute atomic E-state index is 12.3. The van der Waals surface area contributed by atoms with Gasteiger partial charge < -0.3 is 19.6 Å². The summed E-state index contributed by atoms with van der Waals surface area (Å²) in [6, 6.07) is 12.8. The molecule has 1 aliphatic rings. The molecule has 4 rings (SSSR count). The highest BCUT2D eigenvalue weighted by atomic mass is 16.5. The smallest absolute Gasteiger partial charge is 0.276 e. The normalized spacial score (nSPS) is 14.6. The van der Waals surface area contributed by atoms with Crippen LogP contribution >= 0.6 is 0 Å². The summed E-state index contributed by atoms with van der Waals surface area (Å²) < 4.78 is 5.40. The number of para-hydroxylation sites is 1. The number of carbonyl (C=O) groups is 1. The predicted octanol–water partition coefficient (Wildman–Crippen LogP) is 2.56. The number of hydrogen-bond donors (Lipinski definition) is 1. The van der Waals surface area contributed by atoms with Crippen LogP contribution in [0.1, 0.15) is 35.1 Å². The molecule has 2 aromatic heterocycles. The lowest BCUT2D eigenvalue weighted by atomic mass is 9.97. The van der Waals surface area contributed by atoms with Gasteiger partial charge in [-0.3, -0.25) is 4.79 Å². The van der Waals surface area contributed by atoms with E-state index < -0.39 is 0 Å². The zero-order valence-corrected chi connectivity index (χ0v) is 16.4. The fourth-order valence-corrected chi connectivity index (χ4v) is 3.26. The molecule has 0 radical (unpaired) electrons. The SMILES string of the molecule is CN(C)c1noc(C2CCN(c3ccc(C(=O)Nc4ccccc4)nn3)CC2)n1. The number of rotatable bonds is 5. The highest BCUT2D eigenvalue weighted by Crippen LogP contribution is 2.29. The molecule has 3 aromatic rings. The maximum atomic E-state index is 12.3. The number of nitrogens with zero attached hydrogens (tertiary/aromatic N) is 6. The summed E-state index contributed by atoms with van der Waals surface area (Å²) in [7, 11) is 3.78. The summed E-state index contributed by atoms with van der Waals surface area (Å²) in [5.41, 5.74) is 1.01. The molecule has 0 spiro atoms. The van der Waals surface area contributed by atoms with Crippen molar-refractivity contribution in [2.45, 2.75) is 18.8 Å². The van der Waals surface area contributed by atoms with Crippen LogP contribution in [-0.2, 0) is 0 Å². The van der Waals surface area contributed by atoms with Crippen molar-refractivity contribution in [2.24, 2.45) is 0 Å². The summed E-state index contributed by atoms with van der Waals surface area (Å²) in [6.07, 6.45) is 1.79. The van der Waals surface area contributed by atoms with Crippen molar-refractivity contribution >= 4 is 23.4 Å². The molecule has 150 valence electrons. The van der Waals surface area contributed by atoms with Crippen LogP contribution in [0, 0.1) is 0 Å². The Bertz CT molecular complexity index is 948. The summed E-state index contributed by atoms with van der Waals surface area (Å²) >= 11 is 0. The van der Waals surface area contributed by atoms with Crippen molar-refractivity contribution in [3.63, 3.8) is 0 Å². The fraction of sp³-hybridized carbons (Fsp3) is 0.350. The van der Waals surface area contributed by atoms with E-state index in [1.807, 2.05) is 55.4 Å². The monoisotopic (exact) mass is 393 g/mol. The Morgan fingerprint density at radius 1 is 1.10 bits per heavy atom. The average Bonchev–Trinajstić information content (AvgIpc) is 3.25. The first-order valence-electron chi connectivity index (χ1n) is 9.56. The molecule has 0 atom stereocenters. The van der Waals surface area contributed by atoms with Gasteiger partial charge in [0.2, 0.25) is 5.89 Å². The van der Waals surface area contributed by atoms with E-state index in [-0.39, 0.29) is 17.5 Å². The molecule has 9 nitrogen and oxygen atoms in total. The van der Waals surface area contributed by atoms with Gasteiger partial charge in [0.25, 0.3) is 11.9 Å². The number of nitrogens with one attached hydrogen (secondary N) is 1. The Balaban J connectivity index is 1.34. The van der Waals surface area contributed by atoms with Crippen LogP contribution in [0.25, 0.3) is 0 Å². The summed E-state index contributed by atoms with van der Waals surface area (Å²) in [4.78, 5) is 20.7. The molecule has 9 heteroatoms. The lowest BCUT2D eigenvalue weighted by Crippen LogP contribution is -2.34. The predicted molar refractivity (Wildman–Crippen MR) is 109 cm³/mol. The minimum atomic E-state index is -0.276. The second-order valence-corrected chi connectivity index (χ2v) is 7.19. The number of piperidine rings is 1. The number of amides is 1. The molecule has 1 aliphatic heterocycles. The van der Waals surface area contributed by atoms with E-state index >= 15 is 0 Å². The molecule has 1 fully saturated rings. The lowest BCUT2D eigenvalue weighted by molar-refractivity contribution is 0.102. The van der Waals surface area contributed by atoms with E-state index in [1.54, 1.807) is 6.07 Å². The molecule has 3 heterocycles. The third kappa shape index (κ3) is 4.34. The van der Waals surface area contributed by atoms with E-state index in [2.05, 4.69) is 30.6 Å². The van der Waals surface area contributed by atoms with Gasteiger partial charge in [-0.15, -0.1) is 10.2 Å². The van der Waals surface area contributed by atoms with Crippen LogP contribution in [0.5, 0.6) is 0 Å². The molecule has 0 bridgehead atoms. The first-order valence-corrected chi connectivity index (χ1v) is 9.56. The van der Waals surface area contributed by atoms with Crippen LogP contribution in [-0.4, -0.2) is 53.4 Å². The minimum absolute atomic E-state index is 0.247. The summed E-state index contributed by atoms with van der Waals surface area (Å²) in [5, 5.41) is 15.1. The second-order valence-electron chi connectivity index (χ2n) is 7.19. The van der Waals surface area contributed by atoms with Crippen LogP contribution in [0.4, 0.5) is 17.5 Å². The van der Waals surface area contributed by atoms with Gasteiger partial charge in [-0.1, -0.05) is 18.2 Å². The van der Waals surface area contributed by atoms with Crippen LogP contribution in [0.15, 0.2) is 47.0 Å². The van der Waals surface area contributed by atoms with E-state index in [4.69, 9.17) is 4.52 Å². The largest absolute Gasteiger partial charge is 0.355 e. The van der Waals surface area contributed by atoms with Crippen LogP contribution in [0.2, 0.25) is 0 Å². The zero-order valence-electron chi connectivity index (χ0n) is 16.4. The third-order valence-electron chi connectivity index (χ3n) is 4.91. The zero-order chi connectivity index (χ0) is 20.2. The molecule has 0 unspecified atom stereocenters. The number of aromatic nitrogens is 4. The molecule has 1 saturated heterocycles. The lowest BCUT2D eigenvalue weighted by Gasteiger charge is -2.30. The standard InChI is InChI=1S/C20H23N7O2/c1-26(2)20-22-19(29-25-20)14-10-12-27(13-11-14)17-9-8-16(23-24-17)18(28)21-15-6-4-3-5-7-15/h3-9,14H,10-13H2,1-2H3,(H,21,28). The van der Waals surface area contributed by atoms with Gasteiger partial charge in [0, 0.05) is 38.8 Å². The van der Waals surface area contributed by atoms with Crippen molar-refractivity contribution < 1.29 is 9.32 Å². The molecule has 29 heavy (non-hydrogen) atoms. The highest BCUT2D eigenvalue weighted by Gasteiger charge is 2.26. The van der Waals surface area contributed by atoms with E-state index in [0.717, 1.165) is 37.4 Å². The minimum Gasteiger partial charge on any atom is -0.355 e. The van der Waals surface area contributed by atoms with Crippen LogP contribution in [0.3, 0.4) is 0 Å². The van der Waals surface area contributed by atoms with E-state index in [1.165, 1.54) is 0 Å². The van der Waals surface area contributed by atoms with Crippen molar-refractivity contribution in [2.75, 3.05) is 42.3 Å². The number of benzene rings is 1. The summed E-state index contributed by atoms with van der Waals surface area (Å²) in [5.74, 6) is 2.02. The molecule has 0 aliphatic carbocycles. The Labute approximate surface area is 168 Å². The number of hydrogen-bond acceptors (Lipinski definition) is 8.